The molecule has 0 spiro atoms. The summed E-state index contributed by atoms with van der Waals surface area (Å²) in [5, 5.41) is 16.3. The average Bonchev–Trinajstić information content (AvgIpc) is 2.51. The van der Waals surface area contributed by atoms with Crippen molar-refractivity contribution in [2.75, 3.05) is 17.2 Å². The first kappa shape index (κ1) is 16.6. The minimum Gasteiger partial charge on any atom is -0.494 e. The summed E-state index contributed by atoms with van der Waals surface area (Å²) in [7, 11) is 0. The topological polar surface area (TPSA) is 76.4 Å². The lowest BCUT2D eigenvalue weighted by molar-refractivity contribution is -0.384. The monoisotopic (exact) mass is 335 g/mol. The van der Waals surface area contributed by atoms with Crippen molar-refractivity contribution in [2.45, 2.75) is 6.92 Å². The number of benzene rings is 2. The van der Waals surface area contributed by atoms with Crippen LogP contribution in [0.25, 0.3) is 0 Å². The van der Waals surface area contributed by atoms with E-state index in [2.05, 4.69) is 10.6 Å². The molecule has 0 heterocycles. The number of nitro benzene ring substituents is 1. The van der Waals surface area contributed by atoms with Crippen LogP contribution in [0.4, 0.5) is 21.5 Å². The fraction of sp³-hybridized carbons (Fsp3) is 0.133. The van der Waals surface area contributed by atoms with Crippen LogP contribution >= 0.6 is 12.2 Å². The van der Waals surface area contributed by atoms with Crippen LogP contribution in [0.5, 0.6) is 5.75 Å². The molecule has 0 aromatic heterocycles. The first-order valence-corrected chi connectivity index (χ1v) is 7.15. The summed E-state index contributed by atoms with van der Waals surface area (Å²) in [6.07, 6.45) is 0. The standard InChI is InChI=1S/C15H14FN3O3S/c1-2-22-12-6-3-10(4-7-12)17-15(23)18-14-9-11(19(20)21)5-8-13(14)16/h3-9H,2H2,1H3,(H2,17,18,23). The lowest BCUT2D eigenvalue weighted by atomic mass is 10.2. The van der Waals surface area contributed by atoms with Gasteiger partial charge in [-0.15, -0.1) is 0 Å². The van der Waals surface area contributed by atoms with Crippen molar-refractivity contribution >= 4 is 34.4 Å². The van der Waals surface area contributed by atoms with Crippen LogP contribution < -0.4 is 15.4 Å². The van der Waals surface area contributed by atoms with Crippen molar-refractivity contribution in [1.82, 2.24) is 0 Å². The highest BCUT2D eigenvalue weighted by Crippen LogP contribution is 2.22. The molecule has 120 valence electrons. The van der Waals surface area contributed by atoms with Gasteiger partial charge in [-0.3, -0.25) is 10.1 Å². The van der Waals surface area contributed by atoms with Crippen LogP contribution in [0, 0.1) is 15.9 Å². The number of non-ortho nitro benzene ring substituents is 1. The third-order valence-electron chi connectivity index (χ3n) is 2.83. The van der Waals surface area contributed by atoms with E-state index in [1.807, 2.05) is 6.92 Å². The molecule has 0 radical (unpaired) electrons. The van der Waals surface area contributed by atoms with Crippen molar-refractivity contribution in [2.24, 2.45) is 0 Å². The molecule has 0 unspecified atom stereocenters. The van der Waals surface area contributed by atoms with Crippen LogP contribution in [0.1, 0.15) is 6.92 Å². The summed E-state index contributed by atoms with van der Waals surface area (Å²) in [5.74, 6) is 0.0908. The molecule has 2 N–H and O–H groups in total. The van der Waals surface area contributed by atoms with E-state index >= 15 is 0 Å². The number of hydrogen-bond donors (Lipinski definition) is 2. The van der Waals surface area contributed by atoms with E-state index in [1.54, 1.807) is 24.3 Å². The van der Waals surface area contributed by atoms with E-state index in [4.69, 9.17) is 17.0 Å². The van der Waals surface area contributed by atoms with E-state index in [-0.39, 0.29) is 16.5 Å². The van der Waals surface area contributed by atoms with E-state index in [1.165, 1.54) is 0 Å². The molecule has 0 aliphatic heterocycles. The van der Waals surface area contributed by atoms with E-state index in [0.29, 0.717) is 12.3 Å². The number of hydrogen-bond acceptors (Lipinski definition) is 4. The number of halogens is 1. The number of ether oxygens (including phenoxy) is 1. The zero-order valence-electron chi connectivity index (χ0n) is 12.2. The van der Waals surface area contributed by atoms with E-state index < -0.39 is 10.7 Å². The minimum atomic E-state index is -0.633. The third kappa shape index (κ3) is 4.62. The summed E-state index contributed by atoms with van der Waals surface area (Å²) in [5.41, 5.74) is 0.386. The lowest BCUT2D eigenvalue weighted by Gasteiger charge is -2.11. The molecule has 0 bridgehead atoms. The lowest BCUT2D eigenvalue weighted by Crippen LogP contribution is -2.19. The van der Waals surface area contributed by atoms with Gasteiger partial charge in [0.05, 0.1) is 17.2 Å². The van der Waals surface area contributed by atoms with Gasteiger partial charge in [-0.25, -0.2) is 4.39 Å². The third-order valence-corrected chi connectivity index (χ3v) is 3.04. The van der Waals surface area contributed by atoms with Crippen LogP contribution in [-0.2, 0) is 0 Å². The van der Waals surface area contributed by atoms with Gasteiger partial charge in [0.2, 0.25) is 0 Å². The average molecular weight is 335 g/mol. The number of nitrogens with zero attached hydrogens (tertiary/aromatic N) is 1. The molecule has 2 aromatic carbocycles. The van der Waals surface area contributed by atoms with Crippen molar-refractivity contribution in [3.63, 3.8) is 0 Å². The highest BCUT2D eigenvalue weighted by atomic mass is 32.1. The largest absolute Gasteiger partial charge is 0.494 e. The Bertz CT molecular complexity index is 722. The van der Waals surface area contributed by atoms with Crippen molar-refractivity contribution in [3.8, 4) is 5.75 Å². The van der Waals surface area contributed by atoms with Gasteiger partial charge in [0.25, 0.3) is 5.69 Å². The van der Waals surface area contributed by atoms with Gasteiger partial charge in [0.1, 0.15) is 11.6 Å². The molecule has 0 atom stereocenters. The van der Waals surface area contributed by atoms with Gasteiger partial charge in [-0.2, -0.15) is 0 Å². The summed E-state index contributed by atoms with van der Waals surface area (Å²) >= 11 is 5.08. The number of anilines is 2. The van der Waals surface area contributed by atoms with Crippen LogP contribution in [0.15, 0.2) is 42.5 Å². The SMILES string of the molecule is CCOc1ccc(NC(=S)Nc2cc([N+](=O)[O-])ccc2F)cc1. The van der Waals surface area contributed by atoms with E-state index in [9.17, 15) is 14.5 Å². The summed E-state index contributed by atoms with van der Waals surface area (Å²) in [6, 6.07) is 10.2. The molecule has 2 rings (SSSR count). The summed E-state index contributed by atoms with van der Waals surface area (Å²) < 4.78 is 19.0. The maximum absolute atomic E-state index is 13.7. The Hall–Kier alpha value is -2.74. The fourth-order valence-electron chi connectivity index (χ4n) is 1.81. The molecule has 23 heavy (non-hydrogen) atoms. The Morgan fingerprint density at radius 1 is 1.26 bits per heavy atom. The Kier molecular flexibility index (Phi) is 5.42. The minimum absolute atomic E-state index is 0.0670. The number of rotatable bonds is 5. The first-order chi connectivity index (χ1) is 11.0. The maximum atomic E-state index is 13.7. The second kappa shape index (κ2) is 7.50. The van der Waals surface area contributed by atoms with Crippen molar-refractivity contribution in [1.29, 1.82) is 0 Å². The Morgan fingerprint density at radius 3 is 2.57 bits per heavy atom. The predicted octanol–water partition coefficient (Wildman–Crippen LogP) is 3.94. The molecular weight excluding hydrogens is 321 g/mol. The van der Waals surface area contributed by atoms with Crippen LogP contribution in [0.3, 0.4) is 0 Å². The highest BCUT2D eigenvalue weighted by molar-refractivity contribution is 7.80. The van der Waals surface area contributed by atoms with Crippen LogP contribution in [0.2, 0.25) is 0 Å². The molecule has 2 aromatic rings. The highest BCUT2D eigenvalue weighted by Gasteiger charge is 2.11. The smallest absolute Gasteiger partial charge is 0.271 e. The van der Waals surface area contributed by atoms with Gasteiger partial charge in [0.15, 0.2) is 5.11 Å². The quantitative estimate of drug-likeness (QED) is 0.490. The molecule has 8 heteroatoms. The Labute approximate surface area is 137 Å². The number of nitrogens with one attached hydrogen (secondary N) is 2. The van der Waals surface area contributed by atoms with Gasteiger partial charge in [-0.05, 0) is 49.5 Å². The summed E-state index contributed by atoms with van der Waals surface area (Å²) in [6.45, 7) is 2.46. The first-order valence-electron chi connectivity index (χ1n) is 6.74. The van der Waals surface area contributed by atoms with Gasteiger partial charge < -0.3 is 15.4 Å². The van der Waals surface area contributed by atoms with Gasteiger partial charge >= 0.3 is 0 Å². The number of thiocarbonyl (C=S) groups is 1. The normalized spacial score (nSPS) is 10.0. The fourth-order valence-corrected chi connectivity index (χ4v) is 2.04. The second-order valence-corrected chi connectivity index (χ2v) is 4.87. The Balaban J connectivity index is 2.04. The van der Waals surface area contributed by atoms with Gasteiger partial charge in [-0.1, -0.05) is 0 Å². The van der Waals surface area contributed by atoms with E-state index in [0.717, 1.165) is 23.9 Å². The predicted molar refractivity (Wildman–Crippen MR) is 90.5 cm³/mol. The zero-order chi connectivity index (χ0) is 16.8. The molecule has 0 fully saturated rings. The number of nitro groups is 1. The second-order valence-electron chi connectivity index (χ2n) is 4.46. The molecule has 6 nitrogen and oxygen atoms in total. The summed E-state index contributed by atoms with van der Waals surface area (Å²) in [4.78, 5) is 10.1. The van der Waals surface area contributed by atoms with Crippen molar-refractivity contribution in [3.05, 3.63) is 58.4 Å². The molecule has 0 amide bonds. The molecular formula is C15H14FN3O3S. The molecule has 0 aliphatic rings. The molecule has 0 saturated carbocycles. The molecule has 0 aliphatic carbocycles. The maximum Gasteiger partial charge on any atom is 0.271 e. The van der Waals surface area contributed by atoms with Crippen LogP contribution in [-0.4, -0.2) is 16.6 Å². The Morgan fingerprint density at radius 2 is 1.96 bits per heavy atom. The molecule has 0 saturated heterocycles. The van der Waals surface area contributed by atoms with Crippen molar-refractivity contribution < 1.29 is 14.1 Å². The zero-order valence-corrected chi connectivity index (χ0v) is 13.0. The van der Waals surface area contributed by atoms with Gasteiger partial charge in [0, 0.05) is 17.8 Å².